The van der Waals surface area contributed by atoms with Gasteiger partial charge in [0.1, 0.15) is 24.4 Å². The second-order valence-corrected chi connectivity index (χ2v) is 4.48. The van der Waals surface area contributed by atoms with Crippen molar-refractivity contribution in [2.75, 3.05) is 6.61 Å². The van der Waals surface area contributed by atoms with E-state index in [-0.39, 0.29) is 0 Å². The molecular formula is C6H13O9P. The molecule has 0 spiro atoms. The van der Waals surface area contributed by atoms with E-state index in [2.05, 4.69) is 9.26 Å². The average Bonchev–Trinajstić information content (AvgIpc) is 2.17. The van der Waals surface area contributed by atoms with Crippen LogP contribution in [-0.4, -0.2) is 67.5 Å². The first kappa shape index (κ1) is 14.0. The number of hydrogen-bond donors (Lipinski definition) is 6. The van der Waals surface area contributed by atoms with Crippen LogP contribution in [0.3, 0.4) is 0 Å². The molecule has 6 N–H and O–H groups in total. The van der Waals surface area contributed by atoms with Crippen molar-refractivity contribution >= 4 is 7.82 Å². The molecule has 1 saturated heterocycles. The zero-order valence-corrected chi connectivity index (χ0v) is 8.84. The summed E-state index contributed by atoms with van der Waals surface area (Å²) in [5, 5.41) is 36.7. The lowest BCUT2D eigenvalue weighted by molar-refractivity contribution is -0.282. The van der Waals surface area contributed by atoms with Crippen LogP contribution in [0.1, 0.15) is 0 Å². The lowest BCUT2D eigenvalue weighted by atomic mass is 9.99. The second kappa shape index (κ2) is 5.05. The Morgan fingerprint density at radius 2 is 1.75 bits per heavy atom. The predicted molar refractivity (Wildman–Crippen MR) is 46.9 cm³/mol. The molecule has 0 unspecified atom stereocenters. The molecule has 16 heavy (non-hydrogen) atoms. The highest BCUT2D eigenvalue weighted by atomic mass is 31.2. The number of phosphoric acid groups is 1. The Morgan fingerprint density at radius 1 is 1.19 bits per heavy atom. The SMILES string of the molecule is O=P(O)(O)O[C@@H]1[C@@H](O)[C@H](O)[C@@H](CO)O[C@H]1O. The minimum absolute atomic E-state index is 0.669. The number of aliphatic hydroxyl groups is 4. The molecule has 0 amide bonds. The van der Waals surface area contributed by atoms with E-state index < -0.39 is 45.1 Å². The molecule has 1 fully saturated rings. The maximum atomic E-state index is 10.5. The number of hydrogen-bond acceptors (Lipinski definition) is 7. The average molecular weight is 260 g/mol. The van der Waals surface area contributed by atoms with E-state index in [9.17, 15) is 19.9 Å². The Kier molecular flexibility index (Phi) is 4.41. The third-order valence-electron chi connectivity index (χ3n) is 2.10. The zero-order chi connectivity index (χ0) is 12.5. The van der Waals surface area contributed by atoms with Crippen molar-refractivity contribution in [1.82, 2.24) is 0 Å². The van der Waals surface area contributed by atoms with E-state index in [1.165, 1.54) is 0 Å². The Labute approximate surface area is 90.1 Å². The van der Waals surface area contributed by atoms with Gasteiger partial charge >= 0.3 is 7.82 Å². The van der Waals surface area contributed by atoms with Crippen molar-refractivity contribution < 1.29 is 44.0 Å². The first-order chi connectivity index (χ1) is 7.26. The maximum absolute atomic E-state index is 10.5. The van der Waals surface area contributed by atoms with E-state index in [1.807, 2.05) is 0 Å². The normalized spacial score (nSPS) is 41.0. The minimum atomic E-state index is -4.94. The molecule has 5 atom stereocenters. The van der Waals surface area contributed by atoms with Gasteiger partial charge in [0.25, 0.3) is 0 Å². The van der Waals surface area contributed by atoms with Gasteiger partial charge < -0.3 is 34.9 Å². The van der Waals surface area contributed by atoms with Crippen LogP contribution in [0.15, 0.2) is 0 Å². The van der Waals surface area contributed by atoms with Crippen molar-refractivity contribution in [2.45, 2.75) is 30.7 Å². The molecule has 0 aromatic heterocycles. The van der Waals surface area contributed by atoms with Gasteiger partial charge in [0, 0.05) is 0 Å². The van der Waals surface area contributed by atoms with Gasteiger partial charge in [0.15, 0.2) is 6.29 Å². The van der Waals surface area contributed by atoms with Gasteiger partial charge in [-0.25, -0.2) is 4.57 Å². The zero-order valence-electron chi connectivity index (χ0n) is 7.95. The van der Waals surface area contributed by atoms with Gasteiger partial charge in [-0.1, -0.05) is 0 Å². The van der Waals surface area contributed by atoms with Crippen molar-refractivity contribution in [3.8, 4) is 0 Å². The number of aliphatic hydroxyl groups excluding tert-OH is 4. The molecule has 1 rings (SSSR count). The van der Waals surface area contributed by atoms with Crippen LogP contribution in [0.25, 0.3) is 0 Å². The topological polar surface area (TPSA) is 157 Å². The molecule has 1 heterocycles. The van der Waals surface area contributed by atoms with Crippen LogP contribution < -0.4 is 0 Å². The van der Waals surface area contributed by atoms with E-state index in [0.717, 1.165) is 0 Å². The van der Waals surface area contributed by atoms with Gasteiger partial charge in [-0.3, -0.25) is 4.52 Å². The third kappa shape index (κ3) is 3.20. The number of rotatable bonds is 3. The Bertz CT molecular complexity index is 277. The fourth-order valence-corrected chi connectivity index (χ4v) is 1.89. The maximum Gasteiger partial charge on any atom is 0.470 e. The molecular weight excluding hydrogens is 247 g/mol. The third-order valence-corrected chi connectivity index (χ3v) is 2.62. The molecule has 0 saturated carbocycles. The second-order valence-electron chi connectivity index (χ2n) is 3.29. The molecule has 9 nitrogen and oxygen atoms in total. The highest BCUT2D eigenvalue weighted by Crippen LogP contribution is 2.40. The minimum Gasteiger partial charge on any atom is -0.394 e. The predicted octanol–water partition coefficient (Wildman–Crippen LogP) is -3.10. The lowest BCUT2D eigenvalue weighted by Crippen LogP contribution is -2.59. The molecule has 0 radical (unpaired) electrons. The van der Waals surface area contributed by atoms with Gasteiger partial charge in [-0.15, -0.1) is 0 Å². The van der Waals surface area contributed by atoms with Gasteiger partial charge in [0.05, 0.1) is 6.61 Å². The van der Waals surface area contributed by atoms with Crippen LogP contribution in [-0.2, 0) is 13.8 Å². The van der Waals surface area contributed by atoms with E-state index >= 15 is 0 Å². The first-order valence-electron chi connectivity index (χ1n) is 4.30. The molecule has 1 aliphatic rings. The van der Waals surface area contributed by atoms with Crippen LogP contribution in [0.4, 0.5) is 0 Å². The summed E-state index contributed by atoms with van der Waals surface area (Å²) >= 11 is 0. The molecule has 1 aliphatic heterocycles. The molecule has 0 aromatic carbocycles. The standard InChI is InChI=1S/C6H13O9P/c7-1-2-3(8)4(9)5(6(10)14-2)15-16(11,12)13/h2-10H,1H2,(H2,11,12,13)/t2-,3-,4+,5-,6-/m1/s1. The summed E-state index contributed by atoms with van der Waals surface area (Å²) < 4.78 is 19.2. The summed E-state index contributed by atoms with van der Waals surface area (Å²) in [6, 6.07) is 0. The van der Waals surface area contributed by atoms with E-state index in [4.69, 9.17) is 14.9 Å². The molecule has 0 aliphatic carbocycles. The first-order valence-corrected chi connectivity index (χ1v) is 5.83. The molecule has 10 heteroatoms. The highest BCUT2D eigenvalue weighted by molar-refractivity contribution is 7.46. The van der Waals surface area contributed by atoms with Crippen LogP contribution in [0.5, 0.6) is 0 Å². The van der Waals surface area contributed by atoms with Crippen LogP contribution >= 0.6 is 7.82 Å². The molecule has 0 bridgehead atoms. The molecule has 0 aromatic rings. The summed E-state index contributed by atoms with van der Waals surface area (Å²) in [6.07, 6.45) is -8.30. The van der Waals surface area contributed by atoms with Crippen molar-refractivity contribution in [1.29, 1.82) is 0 Å². The summed E-state index contributed by atoms with van der Waals surface area (Å²) in [7, 11) is -4.94. The number of ether oxygens (including phenoxy) is 1. The summed E-state index contributed by atoms with van der Waals surface area (Å²) in [5.41, 5.74) is 0. The van der Waals surface area contributed by atoms with Crippen molar-refractivity contribution in [3.05, 3.63) is 0 Å². The summed E-state index contributed by atoms with van der Waals surface area (Å²) in [6.45, 7) is -0.669. The molecule has 96 valence electrons. The monoisotopic (exact) mass is 260 g/mol. The Hall–Kier alpha value is -0.0900. The van der Waals surface area contributed by atoms with E-state index in [1.54, 1.807) is 0 Å². The van der Waals surface area contributed by atoms with Gasteiger partial charge in [0.2, 0.25) is 0 Å². The highest BCUT2D eigenvalue weighted by Gasteiger charge is 2.46. The number of phosphoric ester groups is 1. The van der Waals surface area contributed by atoms with Crippen LogP contribution in [0, 0.1) is 0 Å². The van der Waals surface area contributed by atoms with Crippen molar-refractivity contribution in [2.24, 2.45) is 0 Å². The fourth-order valence-electron chi connectivity index (χ4n) is 1.34. The van der Waals surface area contributed by atoms with Crippen molar-refractivity contribution in [3.63, 3.8) is 0 Å². The summed E-state index contributed by atoms with van der Waals surface area (Å²) in [4.78, 5) is 17.0. The summed E-state index contributed by atoms with van der Waals surface area (Å²) in [5.74, 6) is 0. The van der Waals surface area contributed by atoms with E-state index in [0.29, 0.717) is 0 Å². The fraction of sp³-hybridized carbons (Fsp3) is 1.00. The van der Waals surface area contributed by atoms with Gasteiger partial charge in [-0.2, -0.15) is 0 Å². The lowest BCUT2D eigenvalue weighted by Gasteiger charge is -2.39. The largest absolute Gasteiger partial charge is 0.470 e. The van der Waals surface area contributed by atoms with Gasteiger partial charge in [-0.05, 0) is 0 Å². The van der Waals surface area contributed by atoms with Crippen LogP contribution in [0.2, 0.25) is 0 Å². The Balaban J connectivity index is 2.76. The Morgan fingerprint density at radius 3 is 2.19 bits per heavy atom. The quantitative estimate of drug-likeness (QED) is 0.289. The smallest absolute Gasteiger partial charge is 0.394 e.